The standard InChI is InChI=1S/C15H21Cl2N3/c16-13-5-6-15(17)18-14(13)11-19-7-9-20(10-8-19)12-3-1-2-4-12/h5-6,12H,1-4,7-11H2. The summed E-state index contributed by atoms with van der Waals surface area (Å²) in [7, 11) is 0. The Kier molecular flexibility index (Phi) is 4.82. The molecule has 0 atom stereocenters. The fourth-order valence-corrected chi connectivity index (χ4v) is 3.67. The first-order valence-corrected chi connectivity index (χ1v) is 8.25. The third kappa shape index (κ3) is 3.45. The van der Waals surface area contributed by atoms with Gasteiger partial charge in [0, 0.05) is 38.8 Å². The molecule has 1 aromatic heterocycles. The molecular formula is C15H21Cl2N3. The Hall–Kier alpha value is -0.350. The first kappa shape index (κ1) is 14.6. The minimum Gasteiger partial charge on any atom is -0.298 e. The van der Waals surface area contributed by atoms with Crippen LogP contribution < -0.4 is 0 Å². The molecule has 110 valence electrons. The van der Waals surface area contributed by atoms with E-state index in [4.69, 9.17) is 23.2 Å². The van der Waals surface area contributed by atoms with Gasteiger partial charge in [-0.05, 0) is 25.0 Å². The number of aromatic nitrogens is 1. The highest BCUT2D eigenvalue weighted by atomic mass is 35.5. The molecule has 1 saturated carbocycles. The second kappa shape index (κ2) is 6.61. The average Bonchev–Trinajstić information content (AvgIpc) is 2.98. The van der Waals surface area contributed by atoms with E-state index in [0.29, 0.717) is 10.2 Å². The van der Waals surface area contributed by atoms with Crippen molar-refractivity contribution in [2.24, 2.45) is 0 Å². The maximum Gasteiger partial charge on any atom is 0.129 e. The second-order valence-corrected chi connectivity index (χ2v) is 6.61. The molecule has 3 nitrogen and oxygen atoms in total. The van der Waals surface area contributed by atoms with Gasteiger partial charge >= 0.3 is 0 Å². The molecule has 0 radical (unpaired) electrons. The fourth-order valence-electron chi connectivity index (χ4n) is 3.34. The molecule has 0 aromatic carbocycles. The van der Waals surface area contributed by atoms with Gasteiger partial charge in [0.2, 0.25) is 0 Å². The highest BCUT2D eigenvalue weighted by molar-refractivity contribution is 6.32. The average molecular weight is 314 g/mol. The molecule has 0 bridgehead atoms. The van der Waals surface area contributed by atoms with Crippen LogP contribution in [0.2, 0.25) is 10.2 Å². The summed E-state index contributed by atoms with van der Waals surface area (Å²) in [5, 5.41) is 1.24. The van der Waals surface area contributed by atoms with E-state index in [1.165, 1.54) is 38.8 Å². The Balaban J connectivity index is 1.54. The second-order valence-electron chi connectivity index (χ2n) is 5.81. The molecule has 5 heteroatoms. The Labute approximate surface area is 130 Å². The summed E-state index contributed by atoms with van der Waals surface area (Å²) >= 11 is 12.1. The molecule has 3 rings (SSSR count). The Morgan fingerprint density at radius 1 is 1.05 bits per heavy atom. The quantitative estimate of drug-likeness (QED) is 0.797. The van der Waals surface area contributed by atoms with Gasteiger partial charge in [0.05, 0.1) is 10.7 Å². The lowest BCUT2D eigenvalue weighted by Gasteiger charge is -2.38. The van der Waals surface area contributed by atoms with E-state index in [9.17, 15) is 0 Å². The van der Waals surface area contributed by atoms with Crippen LogP contribution in [0, 0.1) is 0 Å². The van der Waals surface area contributed by atoms with E-state index in [0.717, 1.165) is 31.4 Å². The summed E-state index contributed by atoms with van der Waals surface area (Å²) in [6.07, 6.45) is 5.60. The van der Waals surface area contributed by atoms with Crippen molar-refractivity contribution in [3.8, 4) is 0 Å². The number of nitrogens with zero attached hydrogens (tertiary/aromatic N) is 3. The maximum atomic E-state index is 6.19. The highest BCUT2D eigenvalue weighted by Gasteiger charge is 2.26. The number of pyridine rings is 1. The van der Waals surface area contributed by atoms with Gasteiger partial charge in [-0.25, -0.2) is 4.98 Å². The van der Waals surface area contributed by atoms with Crippen LogP contribution in [0.25, 0.3) is 0 Å². The van der Waals surface area contributed by atoms with E-state index in [1.54, 1.807) is 6.07 Å². The van der Waals surface area contributed by atoms with Crippen LogP contribution in [-0.4, -0.2) is 47.0 Å². The van der Waals surface area contributed by atoms with Crippen molar-refractivity contribution in [1.82, 2.24) is 14.8 Å². The van der Waals surface area contributed by atoms with Crippen LogP contribution in [-0.2, 0) is 6.54 Å². The summed E-state index contributed by atoms with van der Waals surface area (Å²) < 4.78 is 0. The minimum atomic E-state index is 0.522. The van der Waals surface area contributed by atoms with Crippen LogP contribution in [0.4, 0.5) is 0 Å². The molecule has 2 heterocycles. The third-order valence-corrected chi connectivity index (χ3v) is 5.06. The summed E-state index contributed by atoms with van der Waals surface area (Å²) in [4.78, 5) is 9.43. The summed E-state index contributed by atoms with van der Waals surface area (Å²) in [5.41, 5.74) is 0.897. The van der Waals surface area contributed by atoms with Gasteiger partial charge in [0.1, 0.15) is 5.15 Å². The van der Waals surface area contributed by atoms with Gasteiger partial charge in [-0.2, -0.15) is 0 Å². The number of halogens is 2. The molecule has 1 saturated heterocycles. The maximum absolute atomic E-state index is 6.19. The first-order valence-electron chi connectivity index (χ1n) is 7.50. The van der Waals surface area contributed by atoms with Crippen LogP contribution >= 0.6 is 23.2 Å². The Bertz CT molecular complexity index is 452. The zero-order valence-corrected chi connectivity index (χ0v) is 13.2. The molecular weight excluding hydrogens is 293 g/mol. The number of rotatable bonds is 3. The lowest BCUT2D eigenvalue weighted by Crippen LogP contribution is -2.49. The van der Waals surface area contributed by atoms with E-state index in [2.05, 4.69) is 14.8 Å². The van der Waals surface area contributed by atoms with Crippen molar-refractivity contribution in [2.45, 2.75) is 38.3 Å². The van der Waals surface area contributed by atoms with E-state index < -0.39 is 0 Å². The van der Waals surface area contributed by atoms with Gasteiger partial charge < -0.3 is 0 Å². The predicted octanol–water partition coefficient (Wildman–Crippen LogP) is 3.45. The number of hydrogen-bond acceptors (Lipinski definition) is 3. The van der Waals surface area contributed by atoms with Gasteiger partial charge in [-0.15, -0.1) is 0 Å². The minimum absolute atomic E-state index is 0.522. The zero-order chi connectivity index (χ0) is 13.9. The molecule has 1 aliphatic carbocycles. The molecule has 2 aliphatic rings. The fraction of sp³-hybridized carbons (Fsp3) is 0.667. The van der Waals surface area contributed by atoms with Crippen molar-refractivity contribution >= 4 is 23.2 Å². The summed E-state index contributed by atoms with van der Waals surface area (Å²) in [6, 6.07) is 4.41. The van der Waals surface area contributed by atoms with Crippen LogP contribution in [0.1, 0.15) is 31.4 Å². The van der Waals surface area contributed by atoms with Crippen molar-refractivity contribution in [1.29, 1.82) is 0 Å². The Morgan fingerprint density at radius 3 is 2.45 bits per heavy atom. The molecule has 0 unspecified atom stereocenters. The van der Waals surface area contributed by atoms with Crippen LogP contribution in [0.15, 0.2) is 12.1 Å². The molecule has 1 aliphatic heterocycles. The predicted molar refractivity (Wildman–Crippen MR) is 83.4 cm³/mol. The molecule has 0 N–H and O–H groups in total. The lowest BCUT2D eigenvalue weighted by molar-refractivity contribution is 0.0930. The van der Waals surface area contributed by atoms with Gasteiger partial charge in [-0.1, -0.05) is 36.0 Å². The Morgan fingerprint density at radius 2 is 1.75 bits per heavy atom. The van der Waals surface area contributed by atoms with Crippen LogP contribution in [0.3, 0.4) is 0 Å². The van der Waals surface area contributed by atoms with Crippen LogP contribution in [0.5, 0.6) is 0 Å². The van der Waals surface area contributed by atoms with E-state index in [1.807, 2.05) is 6.07 Å². The summed E-state index contributed by atoms with van der Waals surface area (Å²) in [6.45, 7) is 5.34. The number of hydrogen-bond donors (Lipinski definition) is 0. The van der Waals surface area contributed by atoms with Crippen molar-refractivity contribution in [3.63, 3.8) is 0 Å². The molecule has 0 amide bonds. The third-order valence-electron chi connectivity index (χ3n) is 4.51. The first-order chi connectivity index (χ1) is 9.72. The van der Waals surface area contributed by atoms with Gasteiger partial charge in [0.25, 0.3) is 0 Å². The monoisotopic (exact) mass is 313 g/mol. The van der Waals surface area contributed by atoms with Crippen molar-refractivity contribution < 1.29 is 0 Å². The lowest BCUT2D eigenvalue weighted by atomic mass is 10.2. The van der Waals surface area contributed by atoms with E-state index in [-0.39, 0.29) is 0 Å². The summed E-state index contributed by atoms with van der Waals surface area (Å²) in [5.74, 6) is 0. The van der Waals surface area contributed by atoms with Gasteiger partial charge in [-0.3, -0.25) is 9.80 Å². The van der Waals surface area contributed by atoms with E-state index >= 15 is 0 Å². The normalized spacial score (nSPS) is 22.5. The molecule has 2 fully saturated rings. The van der Waals surface area contributed by atoms with Crippen molar-refractivity contribution in [2.75, 3.05) is 26.2 Å². The molecule has 1 aromatic rings. The number of piperazine rings is 1. The molecule has 0 spiro atoms. The van der Waals surface area contributed by atoms with Crippen molar-refractivity contribution in [3.05, 3.63) is 28.0 Å². The zero-order valence-electron chi connectivity index (χ0n) is 11.7. The highest BCUT2D eigenvalue weighted by Crippen LogP contribution is 2.25. The SMILES string of the molecule is Clc1ccc(Cl)c(CN2CCN(C3CCCC3)CC2)n1. The topological polar surface area (TPSA) is 19.4 Å². The smallest absolute Gasteiger partial charge is 0.129 e. The molecule has 20 heavy (non-hydrogen) atoms. The van der Waals surface area contributed by atoms with Gasteiger partial charge in [0.15, 0.2) is 0 Å². The largest absolute Gasteiger partial charge is 0.298 e.